The molecule has 102 valence electrons. The van der Waals surface area contributed by atoms with E-state index in [4.69, 9.17) is 23.1 Å². The van der Waals surface area contributed by atoms with Crippen LogP contribution in [-0.4, -0.2) is 26.4 Å². The van der Waals surface area contributed by atoms with Gasteiger partial charge in [0.25, 0.3) is 0 Å². The number of thiol groups is 1. The molecule has 7 heteroatoms. The smallest absolute Gasteiger partial charge is 0.320 e. The van der Waals surface area contributed by atoms with E-state index in [1.807, 2.05) is 6.07 Å². The van der Waals surface area contributed by atoms with Crippen molar-refractivity contribution in [1.29, 1.82) is 0 Å². The quantitative estimate of drug-likeness (QED) is 0.424. The van der Waals surface area contributed by atoms with Crippen molar-refractivity contribution < 1.29 is 14.7 Å². The number of carbonyl (C=O) groups is 2. The Morgan fingerprint density at radius 2 is 2.05 bits per heavy atom. The van der Waals surface area contributed by atoms with E-state index in [1.165, 1.54) is 0 Å². The summed E-state index contributed by atoms with van der Waals surface area (Å²) in [6, 6.07) is 6.16. The molecule has 0 unspecified atom stereocenters. The maximum atomic E-state index is 11.8. The number of thiocarbonyl (C=S) groups is 1. The molecule has 4 nitrogen and oxygen atoms in total. The summed E-state index contributed by atoms with van der Waals surface area (Å²) in [5, 5.41) is 8.49. The Bertz CT molecular complexity index is 505. The van der Waals surface area contributed by atoms with Crippen molar-refractivity contribution in [2.24, 2.45) is 5.73 Å². The molecule has 0 radical (unpaired) electrons. The van der Waals surface area contributed by atoms with Crippen LogP contribution in [0.4, 0.5) is 0 Å². The second kappa shape index (κ2) is 7.64. The molecule has 0 amide bonds. The summed E-state index contributed by atoms with van der Waals surface area (Å²) in [7, 11) is 0. The summed E-state index contributed by atoms with van der Waals surface area (Å²) in [6.45, 7) is 0. The fraction of sp³-hybridized carbons (Fsp3) is 0.250. The van der Waals surface area contributed by atoms with E-state index in [2.05, 4.69) is 12.6 Å². The molecule has 0 aliphatic heterocycles. The fourth-order valence-corrected chi connectivity index (χ4v) is 2.71. The molecule has 0 aliphatic rings. The number of rotatable bonds is 6. The Balaban J connectivity index is 2.63. The maximum absolute atomic E-state index is 11.8. The highest BCUT2D eigenvalue weighted by molar-refractivity contribution is 8.14. The van der Waals surface area contributed by atoms with Crippen LogP contribution in [0.3, 0.4) is 0 Å². The monoisotopic (exact) mass is 315 g/mol. The minimum absolute atomic E-state index is 0.103. The molecule has 0 spiro atoms. The number of carbonyl (C=O) groups excluding carboxylic acids is 1. The average molecular weight is 315 g/mol. The lowest BCUT2D eigenvalue weighted by atomic mass is 10.2. The molecule has 0 aliphatic carbocycles. The van der Waals surface area contributed by atoms with Crippen LogP contribution in [0.1, 0.15) is 18.4 Å². The first-order valence-corrected chi connectivity index (χ1v) is 7.10. The summed E-state index contributed by atoms with van der Waals surface area (Å²) in [5.41, 5.74) is 6.07. The van der Waals surface area contributed by atoms with E-state index in [-0.39, 0.29) is 18.0 Å². The van der Waals surface area contributed by atoms with E-state index in [0.717, 1.165) is 22.2 Å². The molecule has 0 saturated carbocycles. The van der Waals surface area contributed by atoms with Crippen LogP contribution in [0.5, 0.6) is 0 Å². The second-order valence-corrected chi connectivity index (χ2v) is 6.02. The van der Waals surface area contributed by atoms with Crippen LogP contribution in [0.25, 0.3) is 0 Å². The Hall–Kier alpha value is -0.890. The van der Waals surface area contributed by atoms with E-state index in [1.54, 1.807) is 18.2 Å². The largest absolute Gasteiger partial charge is 0.480 e. The topological polar surface area (TPSA) is 80.4 Å². The van der Waals surface area contributed by atoms with Gasteiger partial charge < -0.3 is 10.8 Å². The highest BCUT2D eigenvalue weighted by atomic mass is 32.2. The molecule has 0 bridgehead atoms. The van der Waals surface area contributed by atoms with Gasteiger partial charge in [-0.25, -0.2) is 0 Å². The van der Waals surface area contributed by atoms with Crippen LogP contribution < -0.4 is 5.73 Å². The molecular formula is C12H13NO3S3. The molecule has 1 aromatic rings. The normalized spacial score (nSPS) is 11.9. The minimum Gasteiger partial charge on any atom is -0.480 e. The zero-order chi connectivity index (χ0) is 14.4. The van der Waals surface area contributed by atoms with Crippen LogP contribution in [0.2, 0.25) is 0 Å². The molecule has 1 rings (SSSR count). The average Bonchev–Trinajstić information content (AvgIpc) is 2.36. The first-order valence-electron chi connectivity index (χ1n) is 5.43. The SMILES string of the molecule is N[C@@H](CCC(=O)Sc1ccccc1C(=S)S)C(=O)O. The van der Waals surface area contributed by atoms with Crippen molar-refractivity contribution >= 4 is 51.9 Å². The Kier molecular flexibility index (Phi) is 6.50. The lowest BCUT2D eigenvalue weighted by Crippen LogP contribution is -2.30. The molecule has 1 atom stereocenters. The van der Waals surface area contributed by atoms with Crippen LogP contribution >= 0.6 is 36.6 Å². The van der Waals surface area contributed by atoms with Crippen LogP contribution in [0.15, 0.2) is 29.2 Å². The molecule has 3 N–H and O–H groups in total. The lowest BCUT2D eigenvalue weighted by molar-refractivity contribution is -0.138. The Labute approximate surface area is 126 Å². The number of benzene rings is 1. The lowest BCUT2D eigenvalue weighted by Gasteiger charge is -2.07. The third-order valence-electron chi connectivity index (χ3n) is 2.32. The third kappa shape index (κ3) is 5.32. The van der Waals surface area contributed by atoms with Crippen LogP contribution in [0, 0.1) is 0 Å². The van der Waals surface area contributed by atoms with Gasteiger partial charge in [-0.3, -0.25) is 9.59 Å². The fourth-order valence-electron chi connectivity index (χ4n) is 1.30. The van der Waals surface area contributed by atoms with E-state index in [9.17, 15) is 9.59 Å². The van der Waals surface area contributed by atoms with Crippen molar-refractivity contribution in [3.63, 3.8) is 0 Å². The van der Waals surface area contributed by atoms with Gasteiger partial charge in [-0.05, 0) is 12.5 Å². The zero-order valence-corrected chi connectivity index (χ0v) is 12.4. The summed E-state index contributed by atoms with van der Waals surface area (Å²) in [5.74, 6) is -1.10. The molecule has 0 aromatic heterocycles. The van der Waals surface area contributed by atoms with Gasteiger partial charge in [0.05, 0.1) is 4.20 Å². The Morgan fingerprint density at radius 1 is 1.42 bits per heavy atom. The number of nitrogens with two attached hydrogens (primary N) is 1. The minimum atomic E-state index is -1.10. The van der Waals surface area contributed by atoms with Gasteiger partial charge in [0.1, 0.15) is 6.04 Å². The highest BCUT2D eigenvalue weighted by Gasteiger charge is 2.15. The summed E-state index contributed by atoms with van der Waals surface area (Å²) in [6.07, 6.45) is 0.223. The predicted octanol–water partition coefficient (Wildman–Crippen LogP) is 2.10. The zero-order valence-electron chi connectivity index (χ0n) is 9.91. The number of aliphatic carboxylic acids is 1. The van der Waals surface area contributed by atoms with Gasteiger partial charge in [0, 0.05) is 16.9 Å². The predicted molar refractivity (Wildman–Crippen MR) is 82.8 cm³/mol. The van der Waals surface area contributed by atoms with Crippen molar-refractivity contribution in [3.05, 3.63) is 29.8 Å². The number of hydrogen-bond acceptors (Lipinski definition) is 5. The molecule has 0 heterocycles. The summed E-state index contributed by atoms with van der Waals surface area (Å²) in [4.78, 5) is 23.0. The first kappa shape index (κ1) is 16.2. The van der Waals surface area contributed by atoms with Crippen LogP contribution in [-0.2, 0) is 9.59 Å². The van der Waals surface area contributed by atoms with Crippen molar-refractivity contribution in [3.8, 4) is 0 Å². The first-order chi connectivity index (χ1) is 8.91. The van der Waals surface area contributed by atoms with Gasteiger partial charge in [-0.2, -0.15) is 0 Å². The van der Waals surface area contributed by atoms with Crippen molar-refractivity contribution in [1.82, 2.24) is 0 Å². The summed E-state index contributed by atoms with van der Waals surface area (Å²) < 4.78 is 0.415. The third-order valence-corrected chi connectivity index (χ3v) is 3.79. The molecule has 0 saturated heterocycles. The molecule has 19 heavy (non-hydrogen) atoms. The second-order valence-electron chi connectivity index (χ2n) is 3.76. The standard InChI is InChI=1S/C12H13NO3S3/c13-8(11(15)16)5-6-10(14)19-9-4-2-1-3-7(9)12(17)18/h1-4,8H,5-6,13H2,(H,15,16)(H,17,18)/t8-/m0/s1. The number of carboxylic acids is 1. The van der Waals surface area contributed by atoms with Gasteiger partial charge in [0.2, 0.25) is 0 Å². The molecule has 1 aromatic carbocycles. The van der Waals surface area contributed by atoms with Crippen molar-refractivity contribution in [2.75, 3.05) is 0 Å². The van der Waals surface area contributed by atoms with E-state index in [0.29, 0.717) is 4.20 Å². The van der Waals surface area contributed by atoms with Gasteiger partial charge in [-0.15, -0.1) is 12.6 Å². The van der Waals surface area contributed by atoms with Gasteiger partial charge in [0.15, 0.2) is 5.12 Å². The number of thioether (sulfide) groups is 1. The molecule has 0 fully saturated rings. The van der Waals surface area contributed by atoms with Crippen molar-refractivity contribution in [2.45, 2.75) is 23.8 Å². The highest BCUT2D eigenvalue weighted by Crippen LogP contribution is 2.26. The van der Waals surface area contributed by atoms with E-state index >= 15 is 0 Å². The molecular weight excluding hydrogens is 302 g/mol. The summed E-state index contributed by atoms with van der Waals surface area (Å²) >= 11 is 10.1. The Morgan fingerprint density at radius 3 is 2.63 bits per heavy atom. The maximum Gasteiger partial charge on any atom is 0.320 e. The number of hydrogen-bond donors (Lipinski definition) is 3. The van der Waals surface area contributed by atoms with Gasteiger partial charge >= 0.3 is 5.97 Å². The van der Waals surface area contributed by atoms with E-state index < -0.39 is 12.0 Å². The number of carboxylic acid groups (broad SMARTS) is 1. The van der Waals surface area contributed by atoms with Gasteiger partial charge in [-0.1, -0.05) is 42.2 Å².